The molecular formula is C28H40IN2+. The van der Waals surface area contributed by atoms with Crippen LogP contribution < -0.4 is 4.57 Å². The number of halogens is 1. The fraction of sp³-hybridized carbons (Fsp3) is 0.679. The molecule has 4 bridgehead atoms. The quantitative estimate of drug-likeness (QED) is 0.280. The van der Waals surface area contributed by atoms with E-state index in [2.05, 4.69) is 82.3 Å². The fourth-order valence-corrected chi connectivity index (χ4v) is 8.21. The van der Waals surface area contributed by atoms with Gasteiger partial charge in [-0.2, -0.15) is 4.57 Å². The molecule has 2 aromatic rings. The maximum absolute atomic E-state index is 2.60. The Morgan fingerprint density at radius 2 is 1.39 bits per heavy atom. The normalized spacial score (nSPS) is 32.9. The van der Waals surface area contributed by atoms with E-state index in [4.69, 9.17) is 0 Å². The summed E-state index contributed by atoms with van der Waals surface area (Å²) >= 11 is 0. The summed E-state index contributed by atoms with van der Waals surface area (Å²) < 4.78 is 5.08. The predicted octanol–water partition coefficient (Wildman–Crippen LogP) is 6.91. The smallest absolute Gasteiger partial charge is 0.236 e. The number of rotatable bonds is 1. The van der Waals surface area contributed by atoms with Gasteiger partial charge in [-0.15, -0.1) is 24.0 Å². The third kappa shape index (κ3) is 2.65. The number of hydrogen-bond donors (Lipinski definition) is 0. The monoisotopic (exact) mass is 531 g/mol. The minimum absolute atomic E-state index is 0. The largest absolute Gasteiger partial charge is 0.249 e. The zero-order valence-corrected chi connectivity index (χ0v) is 22.8. The maximum Gasteiger partial charge on any atom is 0.249 e. The van der Waals surface area contributed by atoms with Gasteiger partial charge in [0.15, 0.2) is 5.69 Å². The van der Waals surface area contributed by atoms with Crippen molar-refractivity contribution in [3.05, 3.63) is 47.0 Å². The molecule has 0 N–H and O–H groups in total. The summed E-state index contributed by atoms with van der Waals surface area (Å²) in [4.78, 5) is 0. The van der Waals surface area contributed by atoms with E-state index in [0.717, 1.165) is 23.7 Å². The highest BCUT2D eigenvalue weighted by Crippen LogP contribution is 2.62. The Labute approximate surface area is 205 Å². The van der Waals surface area contributed by atoms with Crippen LogP contribution in [0.3, 0.4) is 0 Å². The minimum Gasteiger partial charge on any atom is -0.236 e. The summed E-state index contributed by atoms with van der Waals surface area (Å²) in [5.74, 6) is 3.47. The van der Waals surface area contributed by atoms with Gasteiger partial charge < -0.3 is 0 Å². The number of hydrogen-bond acceptors (Lipinski definition) is 0. The van der Waals surface area contributed by atoms with Gasteiger partial charge in [-0.05, 0) is 83.4 Å². The van der Waals surface area contributed by atoms with E-state index < -0.39 is 0 Å². The Kier molecular flexibility index (Phi) is 4.68. The molecule has 0 aliphatic heterocycles. The van der Waals surface area contributed by atoms with Gasteiger partial charge in [-0.1, -0.05) is 47.6 Å². The highest BCUT2D eigenvalue weighted by atomic mass is 127. The molecule has 0 radical (unpaired) electrons. The fourth-order valence-electron chi connectivity index (χ4n) is 8.21. The standard InChI is InChI=1S/C28H39N2.HI/c1-26(2)22-9-8-21(15-23(22)27(3,4)28(26,5)6)30-16-29(7)24-19-11-17-10-18(12-19)14-20(13-17)25(24)30;/h8-9,15-20H,10-14H2,1-7H3;1H/q+1;. The van der Waals surface area contributed by atoms with Gasteiger partial charge in [-0.3, -0.25) is 0 Å². The van der Waals surface area contributed by atoms with Crippen molar-refractivity contribution in [3.8, 4) is 5.69 Å². The molecule has 3 heteroatoms. The van der Waals surface area contributed by atoms with E-state index in [1.54, 1.807) is 22.5 Å². The van der Waals surface area contributed by atoms with E-state index in [0.29, 0.717) is 0 Å². The van der Waals surface area contributed by atoms with Crippen LogP contribution in [0.4, 0.5) is 0 Å². The lowest BCUT2D eigenvalue weighted by molar-refractivity contribution is -0.679. The van der Waals surface area contributed by atoms with Crippen molar-refractivity contribution >= 4 is 24.0 Å². The molecule has 1 aromatic heterocycles. The molecule has 2 atom stereocenters. The van der Waals surface area contributed by atoms with Crippen molar-refractivity contribution < 1.29 is 4.57 Å². The van der Waals surface area contributed by atoms with Crippen LogP contribution in [0.2, 0.25) is 0 Å². The first-order chi connectivity index (χ1) is 14.0. The third-order valence-corrected chi connectivity index (χ3v) is 10.9. The zero-order chi connectivity index (χ0) is 21.2. The van der Waals surface area contributed by atoms with Crippen molar-refractivity contribution in [3.63, 3.8) is 0 Å². The number of aryl methyl sites for hydroxylation is 1. The Balaban J connectivity index is 0.00000204. The molecule has 31 heavy (non-hydrogen) atoms. The first-order valence-corrected chi connectivity index (χ1v) is 12.3. The summed E-state index contributed by atoms with van der Waals surface area (Å²) in [6.07, 6.45) is 9.58. The zero-order valence-electron chi connectivity index (χ0n) is 20.5. The van der Waals surface area contributed by atoms with Gasteiger partial charge in [0.05, 0.1) is 7.05 Å². The molecule has 168 valence electrons. The Bertz CT molecular complexity index is 1040. The first-order valence-electron chi connectivity index (χ1n) is 12.3. The Morgan fingerprint density at radius 3 is 2.03 bits per heavy atom. The average Bonchev–Trinajstić information content (AvgIpc) is 2.98. The Hall–Kier alpha value is -0.840. The topological polar surface area (TPSA) is 8.81 Å². The van der Waals surface area contributed by atoms with Crippen LogP contribution in [-0.4, -0.2) is 4.57 Å². The molecule has 0 saturated heterocycles. The molecule has 7 rings (SSSR count). The van der Waals surface area contributed by atoms with E-state index in [9.17, 15) is 0 Å². The van der Waals surface area contributed by atoms with Crippen LogP contribution in [-0.2, 0) is 17.9 Å². The average molecular weight is 532 g/mol. The summed E-state index contributed by atoms with van der Waals surface area (Å²) in [5, 5.41) is 0. The van der Waals surface area contributed by atoms with Crippen molar-refractivity contribution in [2.75, 3.05) is 0 Å². The summed E-state index contributed by atoms with van der Waals surface area (Å²) in [7, 11) is 2.30. The van der Waals surface area contributed by atoms with Crippen molar-refractivity contribution in [1.82, 2.24) is 4.57 Å². The van der Waals surface area contributed by atoms with Gasteiger partial charge in [0, 0.05) is 11.8 Å². The second-order valence-corrected chi connectivity index (χ2v) is 12.8. The third-order valence-electron chi connectivity index (χ3n) is 10.9. The van der Waals surface area contributed by atoms with Crippen LogP contribution in [0.5, 0.6) is 0 Å². The number of aromatic nitrogens is 2. The second kappa shape index (κ2) is 6.61. The molecule has 2 saturated carbocycles. The highest BCUT2D eigenvalue weighted by molar-refractivity contribution is 14.0. The molecule has 2 fully saturated rings. The van der Waals surface area contributed by atoms with E-state index >= 15 is 0 Å². The van der Waals surface area contributed by atoms with E-state index in [1.165, 1.54) is 37.8 Å². The van der Waals surface area contributed by atoms with E-state index in [1.807, 2.05) is 0 Å². The Morgan fingerprint density at radius 1 is 0.806 bits per heavy atom. The van der Waals surface area contributed by atoms with Crippen molar-refractivity contribution in [2.24, 2.45) is 24.3 Å². The molecule has 1 heterocycles. The van der Waals surface area contributed by atoms with E-state index in [-0.39, 0.29) is 40.2 Å². The van der Waals surface area contributed by atoms with Crippen molar-refractivity contribution in [1.29, 1.82) is 0 Å². The van der Waals surface area contributed by atoms with Crippen LogP contribution in [0, 0.1) is 17.3 Å². The first kappa shape index (κ1) is 22.0. The molecule has 0 amide bonds. The lowest BCUT2D eigenvalue weighted by Crippen LogP contribution is -2.42. The number of imidazole rings is 1. The van der Waals surface area contributed by atoms with Crippen LogP contribution in [0.15, 0.2) is 24.5 Å². The van der Waals surface area contributed by atoms with Gasteiger partial charge in [0.1, 0.15) is 11.4 Å². The van der Waals surface area contributed by atoms with Crippen LogP contribution >= 0.6 is 24.0 Å². The predicted molar refractivity (Wildman–Crippen MR) is 138 cm³/mol. The summed E-state index contributed by atoms with van der Waals surface area (Å²) in [5.41, 5.74) is 8.35. The summed E-state index contributed by atoms with van der Waals surface area (Å²) in [6.45, 7) is 14.7. The maximum atomic E-state index is 2.60. The van der Waals surface area contributed by atoms with Gasteiger partial charge in [-0.25, -0.2) is 4.57 Å². The van der Waals surface area contributed by atoms with Crippen LogP contribution in [0.1, 0.15) is 108 Å². The number of benzene rings is 1. The summed E-state index contributed by atoms with van der Waals surface area (Å²) in [6, 6.07) is 7.41. The lowest BCUT2D eigenvalue weighted by atomic mass is 9.59. The van der Waals surface area contributed by atoms with Crippen molar-refractivity contribution in [2.45, 2.75) is 96.3 Å². The number of fused-ring (bicyclic) bond motifs is 1. The molecule has 0 spiro atoms. The van der Waals surface area contributed by atoms with Gasteiger partial charge in [0.2, 0.25) is 6.33 Å². The second-order valence-electron chi connectivity index (χ2n) is 12.8. The highest BCUT2D eigenvalue weighted by Gasteiger charge is 2.57. The van der Waals surface area contributed by atoms with Crippen LogP contribution in [0.25, 0.3) is 5.69 Å². The lowest BCUT2D eigenvalue weighted by Gasteiger charge is -2.44. The molecule has 5 aliphatic rings. The molecule has 5 aliphatic carbocycles. The SMILES string of the molecule is C[n+]1cn(-c2ccc3c(c2)C(C)(C)C(C)(C)C3(C)C)c2c1C1CC3CC(CC2C3)C1.I. The minimum atomic E-state index is 0. The molecular weight excluding hydrogens is 491 g/mol. The molecule has 2 nitrogen and oxygen atoms in total. The molecule has 2 unspecified atom stereocenters. The van der Waals surface area contributed by atoms with Gasteiger partial charge in [0.25, 0.3) is 0 Å². The van der Waals surface area contributed by atoms with Gasteiger partial charge >= 0.3 is 0 Å². The molecule has 1 aromatic carbocycles. The number of nitrogens with zero attached hydrogens (tertiary/aromatic N) is 2.